The first-order chi connectivity index (χ1) is 30.6. The molecule has 324 valence electrons. The molecule has 0 saturated carbocycles. The Kier molecular flexibility index (Phi) is 13.6. The summed E-state index contributed by atoms with van der Waals surface area (Å²) in [4.78, 5) is 46.7. The van der Waals surface area contributed by atoms with E-state index < -0.39 is 0 Å². The van der Waals surface area contributed by atoms with E-state index in [9.17, 15) is 9.59 Å². The van der Waals surface area contributed by atoms with E-state index in [1.807, 2.05) is 60.7 Å². The molecule has 0 atom stereocenters. The Balaban J connectivity index is 0.794. The number of fused-ring (bicyclic) bond motifs is 4. The smallest absolute Gasteiger partial charge is 0.253 e. The van der Waals surface area contributed by atoms with Crippen molar-refractivity contribution in [2.45, 2.75) is 0 Å². The second kappa shape index (κ2) is 20.1. The highest BCUT2D eigenvalue weighted by Gasteiger charge is 2.21. The Morgan fingerprint density at radius 1 is 0.452 bits per heavy atom. The molecule has 0 radical (unpaired) electrons. The summed E-state index contributed by atoms with van der Waals surface area (Å²) in [6.45, 7) is 16.6. The Morgan fingerprint density at radius 3 is 1.26 bits per heavy atom. The van der Waals surface area contributed by atoms with Gasteiger partial charge in [0.2, 0.25) is 0 Å². The van der Waals surface area contributed by atoms with Gasteiger partial charge in [-0.15, -0.1) is 0 Å². The molecule has 0 bridgehead atoms. The lowest BCUT2D eigenvalue weighted by atomic mass is 10.0. The molecule has 0 aliphatic carbocycles. The lowest BCUT2D eigenvalue weighted by Gasteiger charge is -2.35. The average molecular weight is 839 g/mol. The maximum Gasteiger partial charge on any atom is 0.253 e. The fourth-order valence-electron chi connectivity index (χ4n) is 8.98. The van der Waals surface area contributed by atoms with E-state index in [0.717, 1.165) is 162 Å². The Morgan fingerprint density at radius 2 is 0.823 bits per heavy atom. The molecule has 2 amide bonds. The van der Waals surface area contributed by atoms with E-state index in [4.69, 9.17) is 19.4 Å². The highest BCUT2D eigenvalue weighted by atomic mass is 16.5. The van der Waals surface area contributed by atoms with Crippen LogP contribution >= 0.6 is 0 Å². The van der Waals surface area contributed by atoms with E-state index in [1.165, 1.54) is 0 Å². The minimum Gasteiger partial charge on any atom is -0.383 e. The number of anilines is 2. The minimum atomic E-state index is -0.0995. The van der Waals surface area contributed by atoms with Gasteiger partial charge in [0.25, 0.3) is 11.8 Å². The van der Waals surface area contributed by atoms with E-state index in [1.54, 1.807) is 0 Å². The van der Waals surface area contributed by atoms with Gasteiger partial charge in [-0.3, -0.25) is 29.2 Å². The Hall–Kier alpha value is -5.48. The SMILES string of the molecule is O=C(NCCN1CCOCC1)c1cccc2c(NCCN3CCN(CCNc4c5ccccc5nc5c(C(=O)NCCN6CCOCC6)cccc45)CC3)c3ccccc3nc12. The van der Waals surface area contributed by atoms with Crippen LogP contribution < -0.4 is 21.3 Å². The minimum absolute atomic E-state index is 0.0995. The summed E-state index contributed by atoms with van der Waals surface area (Å²) in [6, 6.07) is 28.1. The van der Waals surface area contributed by atoms with Crippen molar-refractivity contribution < 1.29 is 19.1 Å². The van der Waals surface area contributed by atoms with E-state index in [-0.39, 0.29) is 11.8 Å². The van der Waals surface area contributed by atoms with Gasteiger partial charge in [-0.2, -0.15) is 0 Å². The average Bonchev–Trinajstić information content (AvgIpc) is 3.32. The molecule has 62 heavy (non-hydrogen) atoms. The molecule has 14 nitrogen and oxygen atoms in total. The number of ether oxygens (including phenoxy) is 2. The van der Waals surface area contributed by atoms with Crippen molar-refractivity contribution in [2.75, 3.05) is 142 Å². The highest BCUT2D eigenvalue weighted by Crippen LogP contribution is 2.34. The number of aromatic nitrogens is 2. The molecule has 6 aromatic rings. The molecule has 3 fully saturated rings. The Labute approximate surface area is 362 Å². The molecule has 0 unspecified atom stereocenters. The van der Waals surface area contributed by atoms with Gasteiger partial charge in [-0.05, 0) is 24.3 Å². The van der Waals surface area contributed by atoms with E-state index in [0.29, 0.717) is 35.2 Å². The third-order valence-corrected chi connectivity index (χ3v) is 12.5. The zero-order chi connectivity index (χ0) is 42.1. The quantitative estimate of drug-likeness (QED) is 0.103. The standard InChI is InChI=1S/C48H58N10O4/c59-47(51-17-21-57-27-31-61-32-28-57)39-11-5-9-37-43(35-7-1-3-13-41(35)53-45(37)39)49-15-19-55-23-25-56(26-24-55)20-16-50-44-36-8-2-4-14-42(36)54-46-38(44)10-6-12-40(46)48(60)52-18-22-58-29-33-62-34-30-58/h1-14H,15-34H2,(H,49,53)(H,50,54)(H,51,59)(H,52,60). The van der Waals surface area contributed by atoms with Gasteiger partial charge in [0.15, 0.2) is 0 Å². The Bertz CT molecular complexity index is 2330. The van der Waals surface area contributed by atoms with Gasteiger partial charge >= 0.3 is 0 Å². The van der Waals surface area contributed by atoms with Crippen LogP contribution in [0.1, 0.15) is 20.7 Å². The zero-order valence-electron chi connectivity index (χ0n) is 35.5. The number of morpholine rings is 2. The number of piperazine rings is 1. The number of hydrogen-bond acceptors (Lipinski definition) is 12. The first-order valence-electron chi connectivity index (χ1n) is 22.3. The monoisotopic (exact) mass is 838 g/mol. The number of nitrogens with zero attached hydrogens (tertiary/aromatic N) is 6. The van der Waals surface area contributed by atoms with Crippen molar-refractivity contribution in [1.29, 1.82) is 0 Å². The van der Waals surface area contributed by atoms with Crippen molar-refractivity contribution in [3.8, 4) is 0 Å². The molecule has 5 heterocycles. The van der Waals surface area contributed by atoms with Crippen LogP contribution in [0, 0.1) is 0 Å². The van der Waals surface area contributed by atoms with Crippen LogP contribution in [0.25, 0.3) is 43.6 Å². The number of hydrogen-bond donors (Lipinski definition) is 4. The van der Waals surface area contributed by atoms with Crippen LogP contribution in [-0.4, -0.2) is 173 Å². The van der Waals surface area contributed by atoms with Crippen molar-refractivity contribution in [3.05, 3.63) is 96.1 Å². The van der Waals surface area contributed by atoms with Gasteiger partial charge in [-0.25, -0.2) is 9.97 Å². The van der Waals surface area contributed by atoms with Crippen molar-refractivity contribution >= 4 is 66.8 Å². The number of carbonyl (C=O) groups excluding carboxylic acids is 2. The van der Waals surface area contributed by atoms with Gasteiger partial charge < -0.3 is 30.7 Å². The fraction of sp³-hybridized carbons (Fsp3) is 0.417. The zero-order valence-corrected chi connectivity index (χ0v) is 35.5. The summed E-state index contributed by atoms with van der Waals surface area (Å²) in [5, 5.41) is 17.8. The topological polar surface area (TPSA) is 139 Å². The van der Waals surface area contributed by atoms with Crippen LogP contribution in [0.2, 0.25) is 0 Å². The predicted octanol–water partition coefficient (Wildman–Crippen LogP) is 4.36. The molecular weight excluding hydrogens is 781 g/mol. The summed E-state index contributed by atoms with van der Waals surface area (Å²) >= 11 is 0. The molecule has 3 saturated heterocycles. The van der Waals surface area contributed by atoms with Gasteiger partial charge in [0.1, 0.15) is 0 Å². The predicted molar refractivity (Wildman–Crippen MR) is 248 cm³/mol. The number of amides is 2. The summed E-state index contributed by atoms with van der Waals surface area (Å²) < 4.78 is 10.9. The number of pyridine rings is 2. The van der Waals surface area contributed by atoms with Gasteiger partial charge in [-0.1, -0.05) is 60.7 Å². The highest BCUT2D eigenvalue weighted by molar-refractivity contribution is 6.15. The van der Waals surface area contributed by atoms with Crippen LogP contribution in [-0.2, 0) is 9.47 Å². The lowest BCUT2D eigenvalue weighted by molar-refractivity contribution is 0.0382. The van der Waals surface area contributed by atoms with E-state index >= 15 is 0 Å². The molecule has 4 aromatic carbocycles. The molecule has 0 spiro atoms. The van der Waals surface area contributed by atoms with Crippen LogP contribution in [0.15, 0.2) is 84.9 Å². The van der Waals surface area contributed by atoms with Crippen molar-refractivity contribution in [1.82, 2.24) is 40.2 Å². The van der Waals surface area contributed by atoms with E-state index in [2.05, 4.69) is 65.1 Å². The molecule has 9 rings (SSSR count). The maximum atomic E-state index is 13.5. The summed E-state index contributed by atoms with van der Waals surface area (Å²) in [5.74, 6) is -0.199. The maximum absolute atomic E-state index is 13.5. The number of carbonyl (C=O) groups is 2. The summed E-state index contributed by atoms with van der Waals surface area (Å²) in [5.41, 5.74) is 6.40. The van der Waals surface area contributed by atoms with Crippen LogP contribution in [0.4, 0.5) is 11.4 Å². The number of para-hydroxylation sites is 4. The number of benzene rings is 4. The van der Waals surface area contributed by atoms with Crippen LogP contribution in [0.3, 0.4) is 0 Å². The van der Waals surface area contributed by atoms with Gasteiger partial charge in [0.05, 0.1) is 71.0 Å². The fourth-order valence-corrected chi connectivity index (χ4v) is 8.98. The molecule has 3 aliphatic heterocycles. The molecule has 14 heteroatoms. The first-order valence-corrected chi connectivity index (χ1v) is 22.3. The third-order valence-electron chi connectivity index (χ3n) is 12.5. The largest absolute Gasteiger partial charge is 0.383 e. The number of rotatable bonds is 16. The molecule has 3 aliphatic rings. The second-order valence-corrected chi connectivity index (χ2v) is 16.4. The summed E-state index contributed by atoms with van der Waals surface area (Å²) in [7, 11) is 0. The summed E-state index contributed by atoms with van der Waals surface area (Å²) in [6.07, 6.45) is 0. The third kappa shape index (κ3) is 9.76. The van der Waals surface area contributed by atoms with Crippen molar-refractivity contribution in [2.24, 2.45) is 0 Å². The van der Waals surface area contributed by atoms with Crippen molar-refractivity contribution in [3.63, 3.8) is 0 Å². The van der Waals surface area contributed by atoms with Gasteiger partial charge in [0, 0.05) is 126 Å². The lowest BCUT2D eigenvalue weighted by Crippen LogP contribution is -2.48. The van der Waals surface area contributed by atoms with Crippen LogP contribution in [0.5, 0.6) is 0 Å². The second-order valence-electron chi connectivity index (χ2n) is 16.4. The molecule has 4 N–H and O–H groups in total. The normalized spacial score (nSPS) is 17.2. The molecule has 2 aromatic heterocycles. The number of nitrogens with one attached hydrogen (secondary N) is 4. The first kappa shape index (κ1) is 41.9. The molecular formula is C48H58N10O4.